The number of hydrogen-bond acceptors (Lipinski definition) is 6. The van der Waals surface area contributed by atoms with E-state index in [2.05, 4.69) is 15.5 Å². The minimum Gasteiger partial charge on any atom is -0.346 e. The first kappa shape index (κ1) is 35.6. The Morgan fingerprint density at radius 2 is 1.67 bits per heavy atom. The second kappa shape index (κ2) is 17.6. The Bertz CT molecular complexity index is 1360. The molecule has 0 aliphatic carbocycles. The highest BCUT2D eigenvalue weighted by atomic mass is 35.5. The molecule has 2 aromatic rings. The molecule has 0 spiro atoms. The maximum Gasteiger partial charge on any atom is 0.245 e. The van der Waals surface area contributed by atoms with Gasteiger partial charge in [-0.25, -0.2) is 8.42 Å². The third kappa shape index (κ3) is 10.7. The molecule has 2 fully saturated rings. The fourth-order valence-electron chi connectivity index (χ4n) is 5.98. The highest BCUT2D eigenvalue weighted by molar-refractivity contribution is 7.89. The predicted octanol–water partition coefficient (Wildman–Crippen LogP) is 4.36. The second-order valence-corrected chi connectivity index (χ2v) is 14.8. The average Bonchev–Trinajstić information content (AvgIpc) is 3.32. The summed E-state index contributed by atoms with van der Waals surface area (Å²) in [6.45, 7) is 7.17. The topological polar surface area (TPSA) is 102 Å². The van der Waals surface area contributed by atoms with Crippen molar-refractivity contribution in [1.29, 1.82) is 0 Å². The summed E-state index contributed by atoms with van der Waals surface area (Å²) in [4.78, 5) is 31.0. The largest absolute Gasteiger partial charge is 0.346 e. The van der Waals surface area contributed by atoms with Crippen LogP contribution in [0.25, 0.3) is 0 Å². The molecule has 2 aliphatic heterocycles. The average molecular weight is 681 g/mol. The molecule has 2 saturated heterocycles. The van der Waals surface area contributed by atoms with Crippen molar-refractivity contribution in [3.05, 3.63) is 63.6 Å². The number of carbonyl (C=O) groups is 2. The first-order valence-corrected chi connectivity index (χ1v) is 18.3. The Morgan fingerprint density at radius 1 is 0.978 bits per heavy atom. The summed E-state index contributed by atoms with van der Waals surface area (Å²) in [5.41, 5.74) is 1.39. The van der Waals surface area contributed by atoms with Gasteiger partial charge in [0.15, 0.2) is 0 Å². The van der Waals surface area contributed by atoms with Crippen molar-refractivity contribution >= 4 is 45.0 Å². The summed E-state index contributed by atoms with van der Waals surface area (Å²) < 4.78 is 28.8. The molecular formula is C33H47Cl2N5O4S. The molecule has 0 atom stereocenters. The van der Waals surface area contributed by atoms with Crippen molar-refractivity contribution in [2.24, 2.45) is 5.92 Å². The zero-order chi connectivity index (χ0) is 32.2. The van der Waals surface area contributed by atoms with Crippen molar-refractivity contribution in [2.75, 3.05) is 65.4 Å². The van der Waals surface area contributed by atoms with E-state index in [-0.39, 0.29) is 28.9 Å². The molecule has 2 heterocycles. The number of sulfonamides is 1. The Balaban J connectivity index is 1.43. The molecule has 2 aliphatic rings. The number of benzene rings is 2. The van der Waals surface area contributed by atoms with Crippen molar-refractivity contribution in [3.63, 3.8) is 0 Å². The SMILES string of the molecule is Cc1c(Cl)ccc(S(=O)(=O)N(CCc2ccccc2)CC(=O)NCC(=O)N(CCN2CCCCCC2)CC2CCNCC2)c1Cl. The third-order valence-corrected chi connectivity index (χ3v) is 11.7. The third-order valence-electron chi connectivity index (χ3n) is 8.83. The van der Waals surface area contributed by atoms with E-state index in [9.17, 15) is 18.0 Å². The number of nitrogens with one attached hydrogen (secondary N) is 2. The predicted molar refractivity (Wildman–Crippen MR) is 180 cm³/mol. The highest BCUT2D eigenvalue weighted by Gasteiger charge is 2.30. The van der Waals surface area contributed by atoms with Crippen LogP contribution < -0.4 is 10.6 Å². The minimum atomic E-state index is -4.16. The van der Waals surface area contributed by atoms with Crippen LogP contribution in [-0.4, -0.2) is 99.8 Å². The lowest BCUT2D eigenvalue weighted by molar-refractivity contribution is -0.133. The van der Waals surface area contributed by atoms with E-state index >= 15 is 0 Å². The van der Waals surface area contributed by atoms with Crippen LogP contribution in [0.2, 0.25) is 10.0 Å². The van der Waals surface area contributed by atoms with E-state index in [0.29, 0.717) is 36.0 Å². The fraction of sp³-hybridized carbons (Fsp3) is 0.576. The molecule has 45 heavy (non-hydrogen) atoms. The quantitative estimate of drug-likeness (QED) is 0.308. The number of carbonyl (C=O) groups excluding carboxylic acids is 2. The normalized spacial score (nSPS) is 16.8. The summed E-state index contributed by atoms with van der Waals surface area (Å²) in [5, 5.41) is 6.49. The summed E-state index contributed by atoms with van der Waals surface area (Å²) in [7, 11) is -4.16. The second-order valence-electron chi connectivity index (χ2n) is 12.1. The van der Waals surface area contributed by atoms with Crippen LogP contribution in [0.5, 0.6) is 0 Å². The smallest absolute Gasteiger partial charge is 0.245 e. The molecule has 2 amide bonds. The van der Waals surface area contributed by atoms with Crippen LogP contribution in [0.15, 0.2) is 47.4 Å². The van der Waals surface area contributed by atoms with Gasteiger partial charge >= 0.3 is 0 Å². The number of nitrogens with zero attached hydrogens (tertiary/aromatic N) is 3. The number of halogens is 2. The van der Waals surface area contributed by atoms with Gasteiger partial charge in [0.05, 0.1) is 18.1 Å². The van der Waals surface area contributed by atoms with E-state index in [1.165, 1.54) is 37.8 Å². The molecule has 248 valence electrons. The number of rotatable bonds is 14. The van der Waals surface area contributed by atoms with Gasteiger partial charge in [-0.3, -0.25) is 9.59 Å². The summed E-state index contributed by atoms with van der Waals surface area (Å²) >= 11 is 12.6. The van der Waals surface area contributed by atoms with Gasteiger partial charge in [0.1, 0.15) is 4.90 Å². The van der Waals surface area contributed by atoms with E-state index in [1.54, 1.807) is 6.92 Å². The highest BCUT2D eigenvalue weighted by Crippen LogP contribution is 2.32. The molecule has 2 aromatic carbocycles. The van der Waals surface area contributed by atoms with Crippen molar-refractivity contribution in [2.45, 2.75) is 56.8 Å². The number of piperidine rings is 1. The van der Waals surface area contributed by atoms with Crippen LogP contribution in [-0.2, 0) is 26.0 Å². The maximum absolute atomic E-state index is 13.8. The number of hydrogen-bond donors (Lipinski definition) is 2. The first-order valence-electron chi connectivity index (χ1n) is 16.1. The fourth-order valence-corrected chi connectivity index (χ4v) is 8.16. The van der Waals surface area contributed by atoms with Gasteiger partial charge in [-0.2, -0.15) is 4.31 Å². The Hall–Kier alpha value is -2.21. The molecule has 9 nitrogen and oxygen atoms in total. The lowest BCUT2D eigenvalue weighted by Crippen LogP contribution is -2.48. The number of likely N-dealkylation sites (tertiary alicyclic amines) is 1. The molecule has 0 bridgehead atoms. The zero-order valence-electron chi connectivity index (χ0n) is 26.3. The minimum absolute atomic E-state index is 0.0285. The van der Waals surface area contributed by atoms with Gasteiger partial charge in [0.2, 0.25) is 21.8 Å². The summed E-state index contributed by atoms with van der Waals surface area (Å²) in [5.74, 6) is -0.274. The van der Waals surface area contributed by atoms with Gasteiger partial charge < -0.3 is 20.4 Å². The molecule has 2 N–H and O–H groups in total. The molecule has 4 rings (SSSR count). The van der Waals surface area contributed by atoms with Crippen molar-refractivity contribution in [3.8, 4) is 0 Å². The summed E-state index contributed by atoms with van der Waals surface area (Å²) in [6, 6.07) is 12.3. The maximum atomic E-state index is 13.8. The number of amides is 2. The van der Waals surface area contributed by atoms with Gasteiger partial charge in [0, 0.05) is 31.2 Å². The van der Waals surface area contributed by atoms with Gasteiger partial charge in [-0.05, 0) is 94.4 Å². The molecule has 12 heteroatoms. The van der Waals surface area contributed by atoms with Crippen LogP contribution in [0, 0.1) is 12.8 Å². The van der Waals surface area contributed by atoms with E-state index in [4.69, 9.17) is 23.2 Å². The molecule has 0 unspecified atom stereocenters. The van der Waals surface area contributed by atoms with Gasteiger partial charge in [-0.1, -0.05) is 66.4 Å². The van der Waals surface area contributed by atoms with Crippen LogP contribution in [0.1, 0.15) is 49.7 Å². The molecular weight excluding hydrogens is 633 g/mol. The molecule has 0 radical (unpaired) electrons. The Kier molecular flexibility index (Phi) is 14.0. The van der Waals surface area contributed by atoms with Gasteiger partial charge in [-0.15, -0.1) is 0 Å². The van der Waals surface area contributed by atoms with Crippen LogP contribution in [0.3, 0.4) is 0 Å². The van der Waals surface area contributed by atoms with Crippen molar-refractivity contribution < 1.29 is 18.0 Å². The molecule has 0 saturated carbocycles. The lowest BCUT2D eigenvalue weighted by atomic mass is 9.97. The van der Waals surface area contributed by atoms with E-state index < -0.39 is 22.5 Å². The molecule has 0 aromatic heterocycles. The standard InChI is InChI=1S/C33H47Cl2N5O4S/c1-26-29(34)11-12-30(33(26)35)45(43,44)40(20-15-27-9-5-4-6-10-27)25-31(41)37-23-32(42)39(24-28-13-16-36-17-14-28)22-21-38-18-7-2-3-8-19-38/h4-6,9-12,28,36H,2-3,7-8,13-25H2,1H3,(H,37,41). The van der Waals surface area contributed by atoms with E-state index in [1.807, 2.05) is 35.2 Å². The summed E-state index contributed by atoms with van der Waals surface area (Å²) in [6.07, 6.45) is 7.30. The van der Waals surface area contributed by atoms with Crippen LogP contribution in [0.4, 0.5) is 0 Å². The Morgan fingerprint density at radius 3 is 2.36 bits per heavy atom. The lowest BCUT2D eigenvalue weighted by Gasteiger charge is -2.32. The van der Waals surface area contributed by atoms with Crippen LogP contribution >= 0.6 is 23.2 Å². The Labute approximate surface area is 278 Å². The monoisotopic (exact) mass is 679 g/mol. The van der Waals surface area contributed by atoms with Crippen molar-refractivity contribution in [1.82, 2.24) is 24.7 Å². The van der Waals surface area contributed by atoms with E-state index in [0.717, 1.165) is 55.4 Å². The first-order chi connectivity index (χ1) is 21.6. The van der Waals surface area contributed by atoms with Gasteiger partial charge in [0.25, 0.3) is 0 Å². The zero-order valence-corrected chi connectivity index (χ0v) is 28.6.